The number of hydrogen-bond acceptors (Lipinski definition) is 4. The molecule has 0 aromatic heterocycles. The number of ether oxygens (including phenoxy) is 1. The number of aryl methyl sites for hydroxylation is 1. The van der Waals surface area contributed by atoms with E-state index in [0.29, 0.717) is 25.2 Å². The van der Waals surface area contributed by atoms with Crippen molar-refractivity contribution in [3.63, 3.8) is 0 Å². The van der Waals surface area contributed by atoms with E-state index < -0.39 is 20.7 Å². The molecule has 1 fully saturated rings. The van der Waals surface area contributed by atoms with Crippen molar-refractivity contribution in [1.29, 1.82) is 0 Å². The minimum atomic E-state index is -3.91. The van der Waals surface area contributed by atoms with Gasteiger partial charge < -0.3 is 10.5 Å². The van der Waals surface area contributed by atoms with Crippen LogP contribution in [-0.2, 0) is 14.8 Å². The molecule has 1 aliphatic heterocycles. The monoisotopic (exact) mass is 288 g/mol. The molecule has 1 atom stereocenters. The maximum atomic E-state index is 13.8. The maximum absolute atomic E-state index is 13.8. The molecule has 0 radical (unpaired) electrons. The molecule has 3 N–H and O–H groups in total. The van der Waals surface area contributed by atoms with Crippen LogP contribution in [0.15, 0.2) is 17.0 Å². The first-order chi connectivity index (χ1) is 8.90. The lowest BCUT2D eigenvalue weighted by Crippen LogP contribution is -2.40. The molecule has 106 valence electrons. The standard InChI is InChI=1S/C12H17FN2O3S/c1-8-5-10(13)12(6-11(8)14)19(16,17)15-9-3-2-4-18-7-9/h5-6,9,15H,2-4,7,14H2,1H3. The third-order valence-corrected chi connectivity index (χ3v) is 4.63. The lowest BCUT2D eigenvalue weighted by Gasteiger charge is -2.23. The Hall–Kier alpha value is -1.18. The van der Waals surface area contributed by atoms with Gasteiger partial charge in [-0.3, -0.25) is 0 Å². The van der Waals surface area contributed by atoms with Gasteiger partial charge in [0.1, 0.15) is 10.7 Å². The number of rotatable bonds is 3. The van der Waals surface area contributed by atoms with Crippen molar-refractivity contribution in [2.45, 2.75) is 30.7 Å². The molecule has 0 aliphatic carbocycles. The van der Waals surface area contributed by atoms with E-state index in [1.807, 2.05) is 0 Å². The van der Waals surface area contributed by atoms with Crippen molar-refractivity contribution in [2.75, 3.05) is 18.9 Å². The summed E-state index contributed by atoms with van der Waals surface area (Å²) >= 11 is 0. The molecule has 0 bridgehead atoms. The average Bonchev–Trinajstić information content (AvgIpc) is 2.34. The molecule has 1 aliphatic rings. The van der Waals surface area contributed by atoms with Gasteiger partial charge in [-0.15, -0.1) is 0 Å². The second kappa shape index (κ2) is 5.44. The Morgan fingerprint density at radius 1 is 1.47 bits per heavy atom. The topological polar surface area (TPSA) is 81.4 Å². The van der Waals surface area contributed by atoms with Crippen molar-refractivity contribution < 1.29 is 17.5 Å². The summed E-state index contributed by atoms with van der Waals surface area (Å²) < 4.78 is 45.7. The van der Waals surface area contributed by atoms with Crippen LogP contribution in [0, 0.1) is 12.7 Å². The van der Waals surface area contributed by atoms with Crippen LogP contribution in [0.2, 0.25) is 0 Å². The van der Waals surface area contributed by atoms with Gasteiger partial charge in [-0.2, -0.15) is 0 Å². The summed E-state index contributed by atoms with van der Waals surface area (Å²) in [5, 5.41) is 0. The maximum Gasteiger partial charge on any atom is 0.243 e. The number of nitrogens with two attached hydrogens (primary N) is 1. The number of nitrogens with one attached hydrogen (secondary N) is 1. The smallest absolute Gasteiger partial charge is 0.243 e. The van der Waals surface area contributed by atoms with Gasteiger partial charge in [0.15, 0.2) is 0 Å². The van der Waals surface area contributed by atoms with Crippen LogP contribution in [0.1, 0.15) is 18.4 Å². The highest BCUT2D eigenvalue weighted by Crippen LogP contribution is 2.22. The molecule has 1 unspecified atom stereocenters. The van der Waals surface area contributed by atoms with Gasteiger partial charge in [0.05, 0.1) is 6.61 Å². The van der Waals surface area contributed by atoms with Gasteiger partial charge in [0, 0.05) is 18.3 Å². The highest BCUT2D eigenvalue weighted by Gasteiger charge is 2.25. The molecule has 1 saturated heterocycles. The molecular weight excluding hydrogens is 271 g/mol. The summed E-state index contributed by atoms with van der Waals surface area (Å²) in [6, 6.07) is 1.96. The van der Waals surface area contributed by atoms with Crippen LogP contribution in [0.25, 0.3) is 0 Å². The Morgan fingerprint density at radius 2 is 2.21 bits per heavy atom. The van der Waals surface area contributed by atoms with Crippen molar-refractivity contribution in [3.05, 3.63) is 23.5 Å². The van der Waals surface area contributed by atoms with Crippen molar-refractivity contribution in [2.24, 2.45) is 0 Å². The van der Waals surface area contributed by atoms with E-state index in [-0.39, 0.29) is 11.7 Å². The molecule has 0 amide bonds. The fourth-order valence-electron chi connectivity index (χ4n) is 1.99. The van der Waals surface area contributed by atoms with Gasteiger partial charge in [-0.25, -0.2) is 17.5 Å². The molecule has 2 rings (SSSR count). The van der Waals surface area contributed by atoms with Crippen molar-refractivity contribution in [1.82, 2.24) is 4.72 Å². The zero-order chi connectivity index (χ0) is 14.0. The third-order valence-electron chi connectivity index (χ3n) is 3.09. The summed E-state index contributed by atoms with van der Waals surface area (Å²) in [5.74, 6) is -0.795. The minimum Gasteiger partial charge on any atom is -0.398 e. The fraction of sp³-hybridized carbons (Fsp3) is 0.500. The Morgan fingerprint density at radius 3 is 2.84 bits per heavy atom. The van der Waals surface area contributed by atoms with Crippen LogP contribution < -0.4 is 10.5 Å². The molecule has 5 nitrogen and oxygen atoms in total. The van der Waals surface area contributed by atoms with Crippen LogP contribution in [0.4, 0.5) is 10.1 Å². The predicted molar refractivity (Wildman–Crippen MR) is 69.7 cm³/mol. The number of benzene rings is 1. The molecule has 1 aromatic rings. The highest BCUT2D eigenvalue weighted by molar-refractivity contribution is 7.89. The van der Waals surface area contributed by atoms with E-state index in [0.717, 1.165) is 18.6 Å². The molecule has 19 heavy (non-hydrogen) atoms. The second-order valence-corrected chi connectivity index (χ2v) is 6.36. The fourth-order valence-corrected chi connectivity index (χ4v) is 3.34. The summed E-state index contributed by atoms with van der Waals surface area (Å²) in [6.07, 6.45) is 1.47. The summed E-state index contributed by atoms with van der Waals surface area (Å²) in [5.41, 5.74) is 6.40. The van der Waals surface area contributed by atoms with Crippen LogP contribution in [0.5, 0.6) is 0 Å². The van der Waals surface area contributed by atoms with E-state index in [1.165, 1.54) is 0 Å². The molecular formula is C12H17FN2O3S. The Labute approximate surface area is 112 Å². The Bertz CT molecular complexity index is 569. The third kappa shape index (κ3) is 3.23. The van der Waals surface area contributed by atoms with Crippen LogP contribution >= 0.6 is 0 Å². The summed E-state index contributed by atoms with van der Waals surface area (Å²) in [4.78, 5) is -0.416. The van der Waals surface area contributed by atoms with Crippen LogP contribution in [-0.4, -0.2) is 27.7 Å². The summed E-state index contributed by atoms with van der Waals surface area (Å²) in [7, 11) is -3.91. The lowest BCUT2D eigenvalue weighted by molar-refractivity contribution is 0.0774. The van der Waals surface area contributed by atoms with Gasteiger partial charge in [-0.1, -0.05) is 0 Å². The van der Waals surface area contributed by atoms with E-state index in [4.69, 9.17) is 10.5 Å². The number of hydrogen-bond donors (Lipinski definition) is 2. The lowest BCUT2D eigenvalue weighted by atomic mass is 10.1. The Balaban J connectivity index is 2.26. The van der Waals surface area contributed by atoms with E-state index >= 15 is 0 Å². The predicted octanol–water partition coefficient (Wildman–Crippen LogP) is 1.17. The van der Waals surface area contributed by atoms with E-state index in [1.54, 1.807) is 6.92 Å². The number of sulfonamides is 1. The van der Waals surface area contributed by atoms with Gasteiger partial charge >= 0.3 is 0 Å². The number of halogens is 1. The van der Waals surface area contributed by atoms with Crippen molar-refractivity contribution >= 4 is 15.7 Å². The first-order valence-corrected chi connectivity index (χ1v) is 7.54. The number of nitrogen functional groups attached to an aromatic ring is 1. The number of anilines is 1. The quantitative estimate of drug-likeness (QED) is 0.818. The average molecular weight is 288 g/mol. The molecule has 7 heteroatoms. The highest BCUT2D eigenvalue weighted by atomic mass is 32.2. The Kier molecular flexibility index (Phi) is 4.07. The SMILES string of the molecule is Cc1cc(F)c(S(=O)(=O)NC2CCCOC2)cc1N. The first kappa shape index (κ1) is 14.2. The second-order valence-electron chi connectivity index (χ2n) is 4.67. The largest absolute Gasteiger partial charge is 0.398 e. The molecule has 1 heterocycles. The molecule has 0 spiro atoms. The van der Waals surface area contributed by atoms with Crippen LogP contribution in [0.3, 0.4) is 0 Å². The van der Waals surface area contributed by atoms with Crippen molar-refractivity contribution in [3.8, 4) is 0 Å². The molecule has 0 saturated carbocycles. The zero-order valence-electron chi connectivity index (χ0n) is 10.6. The zero-order valence-corrected chi connectivity index (χ0v) is 11.5. The van der Waals surface area contributed by atoms with Gasteiger partial charge in [-0.05, 0) is 37.5 Å². The first-order valence-electron chi connectivity index (χ1n) is 6.06. The van der Waals surface area contributed by atoms with E-state index in [9.17, 15) is 12.8 Å². The van der Waals surface area contributed by atoms with Gasteiger partial charge in [0.25, 0.3) is 0 Å². The minimum absolute atomic E-state index is 0.252. The summed E-state index contributed by atoms with van der Waals surface area (Å²) in [6.45, 7) is 2.56. The van der Waals surface area contributed by atoms with Gasteiger partial charge in [0.2, 0.25) is 10.0 Å². The normalized spacial score (nSPS) is 20.4. The molecule has 1 aromatic carbocycles. The van der Waals surface area contributed by atoms with E-state index in [2.05, 4.69) is 4.72 Å².